The van der Waals surface area contributed by atoms with Crippen molar-refractivity contribution in [3.8, 4) is 11.5 Å². The molecule has 2 aliphatic rings. The van der Waals surface area contributed by atoms with E-state index in [1.807, 2.05) is 12.1 Å². The number of likely N-dealkylation sites (tertiary alicyclic amines) is 1. The third-order valence-corrected chi connectivity index (χ3v) is 8.24. The molecule has 1 aromatic heterocycles. The van der Waals surface area contributed by atoms with Gasteiger partial charge < -0.3 is 30.1 Å². The third-order valence-electron chi connectivity index (χ3n) is 7.30. The molecule has 12 heteroatoms. The first kappa shape index (κ1) is 29.6. The number of hydrogen-bond acceptors (Lipinski definition) is 6. The van der Waals surface area contributed by atoms with Crippen LogP contribution in [0, 0.1) is 0 Å². The molecule has 0 radical (unpaired) electrons. The Hall–Kier alpha value is -2.99. The smallest absolute Gasteiger partial charge is 0.490 e. The molecule has 2 aromatic rings. The highest BCUT2D eigenvalue weighted by Crippen LogP contribution is 2.49. The number of benzene rings is 1. The number of hydrogen-bond donors (Lipinski definition) is 3. The van der Waals surface area contributed by atoms with Crippen LogP contribution in [-0.2, 0) is 16.6 Å². The summed E-state index contributed by atoms with van der Waals surface area (Å²) in [5.41, 5.74) is 1.42. The van der Waals surface area contributed by atoms with E-state index in [1.54, 1.807) is 25.6 Å². The van der Waals surface area contributed by atoms with E-state index in [2.05, 4.69) is 46.2 Å². The minimum absolute atomic E-state index is 0.0548. The zero-order valence-electron chi connectivity index (χ0n) is 21.6. The normalized spacial score (nSPS) is 23.0. The highest BCUT2D eigenvalue weighted by molar-refractivity contribution is 7.09. The van der Waals surface area contributed by atoms with Crippen molar-refractivity contribution in [1.29, 1.82) is 0 Å². The lowest BCUT2D eigenvalue weighted by atomic mass is 9.65. The van der Waals surface area contributed by atoms with Crippen LogP contribution < -0.4 is 20.1 Å². The molecule has 4 rings (SSSR count). The number of carboxylic acids is 1. The number of aliphatic carboxylic acids is 1. The molecule has 2 amide bonds. The minimum atomic E-state index is -5.08. The number of likely N-dealkylation sites (N-methyl/N-ethyl adjacent to an activating group) is 1. The van der Waals surface area contributed by atoms with Crippen LogP contribution in [0.5, 0.6) is 11.5 Å². The fourth-order valence-electron chi connectivity index (χ4n) is 5.39. The number of thiophene rings is 1. The summed E-state index contributed by atoms with van der Waals surface area (Å²) in [6.45, 7) is 1.73. The quantitative estimate of drug-likeness (QED) is 0.466. The number of methoxy groups -OCH3 is 2. The molecule has 1 aliphatic carbocycles. The van der Waals surface area contributed by atoms with Gasteiger partial charge in [0.25, 0.3) is 0 Å². The van der Waals surface area contributed by atoms with E-state index in [1.165, 1.54) is 10.4 Å². The molecule has 1 saturated heterocycles. The average Bonchev–Trinajstić information content (AvgIpc) is 3.52. The van der Waals surface area contributed by atoms with Crippen LogP contribution in [-0.4, -0.2) is 74.6 Å². The van der Waals surface area contributed by atoms with Crippen LogP contribution in [0.2, 0.25) is 0 Å². The second-order valence-corrected chi connectivity index (χ2v) is 10.5. The van der Waals surface area contributed by atoms with E-state index >= 15 is 0 Å². The van der Waals surface area contributed by atoms with Gasteiger partial charge in [-0.05, 0) is 74.8 Å². The summed E-state index contributed by atoms with van der Waals surface area (Å²) in [6.07, 6.45) is -0.0786. The van der Waals surface area contributed by atoms with Crippen LogP contribution in [0.15, 0.2) is 35.7 Å². The van der Waals surface area contributed by atoms with Gasteiger partial charge in [0.2, 0.25) is 0 Å². The number of carbonyl (C=O) groups is 2. The molecular formula is C26H34F3N3O5S. The van der Waals surface area contributed by atoms with Gasteiger partial charge in [-0.2, -0.15) is 13.2 Å². The number of amides is 2. The van der Waals surface area contributed by atoms with Gasteiger partial charge in [-0.15, -0.1) is 11.3 Å². The predicted molar refractivity (Wildman–Crippen MR) is 138 cm³/mol. The number of urea groups is 1. The Balaban J connectivity index is 0.000000505. The van der Waals surface area contributed by atoms with Gasteiger partial charge >= 0.3 is 18.2 Å². The first-order chi connectivity index (χ1) is 18.0. The molecule has 1 aliphatic heterocycles. The van der Waals surface area contributed by atoms with E-state index in [-0.39, 0.29) is 17.5 Å². The molecule has 210 valence electrons. The maximum absolute atomic E-state index is 12.5. The van der Waals surface area contributed by atoms with Crippen LogP contribution in [0.3, 0.4) is 0 Å². The fraction of sp³-hybridized carbons (Fsp3) is 0.538. The molecule has 38 heavy (non-hydrogen) atoms. The first-order valence-electron chi connectivity index (χ1n) is 12.3. The lowest BCUT2D eigenvalue weighted by Gasteiger charge is -2.45. The number of halogens is 3. The summed E-state index contributed by atoms with van der Waals surface area (Å²) in [5.74, 6) is -1.21. The van der Waals surface area contributed by atoms with Crippen LogP contribution in [0.1, 0.15) is 36.1 Å². The number of alkyl halides is 3. The van der Waals surface area contributed by atoms with Crippen LogP contribution in [0.4, 0.5) is 18.0 Å². The molecule has 8 nitrogen and oxygen atoms in total. The monoisotopic (exact) mass is 557 g/mol. The van der Waals surface area contributed by atoms with Crippen LogP contribution in [0.25, 0.3) is 0 Å². The van der Waals surface area contributed by atoms with E-state index in [0.29, 0.717) is 12.6 Å². The SMILES string of the molecule is COc1ccc([C@@]23CC[C@@H](NC(=O)NCCc4cccs4)C[C@@H]2N(C)CC3)cc1OC.O=C(O)C(F)(F)F. The Morgan fingerprint density at radius 1 is 1.18 bits per heavy atom. The zero-order chi connectivity index (χ0) is 27.9. The van der Waals surface area contributed by atoms with Crippen molar-refractivity contribution in [2.45, 2.75) is 55.8 Å². The first-order valence-corrected chi connectivity index (χ1v) is 13.2. The minimum Gasteiger partial charge on any atom is -0.493 e. The Bertz CT molecular complexity index is 1080. The van der Waals surface area contributed by atoms with Crippen molar-refractivity contribution >= 4 is 23.3 Å². The summed E-state index contributed by atoms with van der Waals surface area (Å²) in [6, 6.07) is 11.1. The summed E-state index contributed by atoms with van der Waals surface area (Å²) in [4.78, 5) is 25.1. The largest absolute Gasteiger partial charge is 0.493 e. The third kappa shape index (κ3) is 7.10. The van der Waals surface area contributed by atoms with Crippen LogP contribution >= 0.6 is 11.3 Å². The van der Waals surface area contributed by atoms with Gasteiger partial charge in [-0.3, -0.25) is 0 Å². The van der Waals surface area contributed by atoms with Crippen molar-refractivity contribution in [3.63, 3.8) is 0 Å². The molecule has 3 N–H and O–H groups in total. The number of nitrogens with zero attached hydrogens (tertiary/aromatic N) is 1. The fourth-order valence-corrected chi connectivity index (χ4v) is 6.09. The van der Waals surface area contributed by atoms with Gasteiger partial charge in [0, 0.05) is 28.9 Å². The Labute approximate surface area is 224 Å². The molecule has 3 atom stereocenters. The number of rotatable bonds is 7. The molecule has 0 unspecified atom stereocenters. The van der Waals surface area contributed by atoms with Gasteiger partial charge in [0.1, 0.15) is 0 Å². The highest BCUT2D eigenvalue weighted by Gasteiger charge is 2.50. The second kappa shape index (κ2) is 12.7. The maximum atomic E-state index is 12.5. The summed E-state index contributed by atoms with van der Waals surface area (Å²) >= 11 is 1.73. The predicted octanol–water partition coefficient (Wildman–Crippen LogP) is 4.43. The maximum Gasteiger partial charge on any atom is 0.490 e. The highest BCUT2D eigenvalue weighted by atomic mass is 32.1. The number of nitrogens with one attached hydrogen (secondary N) is 2. The molecule has 1 aromatic carbocycles. The van der Waals surface area contributed by atoms with Crippen molar-refractivity contribution in [2.75, 3.05) is 34.4 Å². The van der Waals surface area contributed by atoms with Gasteiger partial charge in [0.15, 0.2) is 11.5 Å². The zero-order valence-corrected chi connectivity index (χ0v) is 22.5. The standard InChI is InChI=1S/C24H33N3O3S.C2HF3O2/c1-27-13-11-24(17-6-7-20(29-2)21(15-17)30-3)10-8-18(16-22(24)27)26-23(28)25-12-9-19-5-4-14-31-19;3-2(4,5)1(6)7/h4-7,14-15,18,22H,8-13,16H2,1-3H3,(H2,25,26,28);(H,6,7)/t18-,22+,24+;/m1./s1. The van der Waals surface area contributed by atoms with Gasteiger partial charge in [0.05, 0.1) is 14.2 Å². The summed E-state index contributed by atoms with van der Waals surface area (Å²) in [5, 5.41) is 15.4. The second-order valence-electron chi connectivity index (χ2n) is 9.48. The molecule has 1 saturated carbocycles. The van der Waals surface area contributed by atoms with E-state index in [4.69, 9.17) is 19.4 Å². The topological polar surface area (TPSA) is 100 Å². The Morgan fingerprint density at radius 2 is 1.89 bits per heavy atom. The Kier molecular flexibility index (Phi) is 9.88. The van der Waals surface area contributed by atoms with E-state index in [9.17, 15) is 18.0 Å². The number of carboxylic acid groups (broad SMARTS) is 1. The number of carbonyl (C=O) groups excluding carboxylic acids is 1. The summed E-state index contributed by atoms with van der Waals surface area (Å²) < 4.78 is 42.7. The summed E-state index contributed by atoms with van der Waals surface area (Å²) in [7, 11) is 5.57. The number of ether oxygens (including phenoxy) is 2. The van der Waals surface area contributed by atoms with E-state index in [0.717, 1.165) is 50.1 Å². The average molecular weight is 558 g/mol. The van der Waals surface area contributed by atoms with Crippen molar-refractivity contribution in [3.05, 3.63) is 46.2 Å². The van der Waals surface area contributed by atoms with Gasteiger partial charge in [-0.1, -0.05) is 12.1 Å². The molecule has 0 bridgehead atoms. The molecule has 2 heterocycles. The molecule has 0 spiro atoms. The molecular weight excluding hydrogens is 523 g/mol. The van der Waals surface area contributed by atoms with Crippen molar-refractivity contribution in [2.24, 2.45) is 0 Å². The lowest BCUT2D eigenvalue weighted by molar-refractivity contribution is -0.192. The molecule has 2 fully saturated rings. The Morgan fingerprint density at radius 3 is 2.50 bits per heavy atom. The van der Waals surface area contributed by atoms with E-state index < -0.39 is 12.1 Å². The van der Waals surface area contributed by atoms with Crippen molar-refractivity contribution in [1.82, 2.24) is 15.5 Å². The van der Waals surface area contributed by atoms with Gasteiger partial charge in [-0.25, -0.2) is 9.59 Å². The van der Waals surface area contributed by atoms with Crippen molar-refractivity contribution < 1.29 is 37.3 Å². The lowest BCUT2D eigenvalue weighted by Crippen LogP contribution is -2.53. The number of fused-ring (bicyclic) bond motifs is 1.